The summed E-state index contributed by atoms with van der Waals surface area (Å²) in [5, 5.41) is 19.9. The molecule has 0 saturated heterocycles. The van der Waals surface area contributed by atoms with E-state index < -0.39 is 16.8 Å². The largest absolute Gasteiger partial charge is 0.481 e. The molecule has 0 aliphatic rings. The van der Waals surface area contributed by atoms with Crippen LogP contribution in [0.3, 0.4) is 0 Å². The van der Waals surface area contributed by atoms with Gasteiger partial charge in [0, 0.05) is 12.1 Å². The van der Waals surface area contributed by atoms with E-state index in [0.29, 0.717) is 0 Å². The third-order valence-corrected chi connectivity index (χ3v) is 2.37. The molecule has 8 nitrogen and oxygen atoms in total. The fourth-order valence-corrected chi connectivity index (χ4v) is 1.43. The van der Waals surface area contributed by atoms with E-state index in [2.05, 4.69) is 9.72 Å². The first-order valence-electron chi connectivity index (χ1n) is 5.19. The zero-order valence-electron chi connectivity index (χ0n) is 10.3. The van der Waals surface area contributed by atoms with E-state index in [-0.39, 0.29) is 23.7 Å². The molecule has 0 radical (unpaired) electrons. The number of nitrogens with zero attached hydrogens (tertiary/aromatic N) is 3. The fraction of sp³-hybridized carbons (Fsp3) is 0.364. The van der Waals surface area contributed by atoms with Gasteiger partial charge in [0.1, 0.15) is 11.6 Å². The van der Waals surface area contributed by atoms with E-state index in [0.717, 1.165) is 0 Å². The molecule has 0 unspecified atom stereocenters. The molecule has 8 heteroatoms. The number of ether oxygens (including phenoxy) is 2. The van der Waals surface area contributed by atoms with E-state index in [9.17, 15) is 14.9 Å². The summed E-state index contributed by atoms with van der Waals surface area (Å²) in [4.78, 5) is 25.3. The maximum Gasteiger partial charge on any atom is 0.307 e. The lowest BCUT2D eigenvalue weighted by atomic mass is 10.0. The van der Waals surface area contributed by atoms with Gasteiger partial charge in [-0.1, -0.05) is 0 Å². The Balaban J connectivity index is 3.23. The van der Waals surface area contributed by atoms with Gasteiger partial charge < -0.3 is 9.47 Å². The van der Waals surface area contributed by atoms with Gasteiger partial charge in [-0.25, -0.2) is 4.98 Å². The number of esters is 1. The van der Waals surface area contributed by atoms with Gasteiger partial charge in [-0.05, 0) is 0 Å². The number of carbonyl (C=O) groups excluding carboxylic acids is 1. The number of rotatable bonds is 5. The van der Waals surface area contributed by atoms with Gasteiger partial charge in [-0.3, -0.25) is 14.9 Å². The summed E-state index contributed by atoms with van der Waals surface area (Å²) in [6.07, 6.45) is -0.312. The van der Waals surface area contributed by atoms with Crippen LogP contribution in [0, 0.1) is 21.4 Å². The van der Waals surface area contributed by atoms with Crippen molar-refractivity contribution in [1.29, 1.82) is 5.26 Å². The summed E-state index contributed by atoms with van der Waals surface area (Å²) < 4.78 is 9.30. The normalized spacial score (nSPS) is 11.2. The molecule has 0 aliphatic heterocycles. The summed E-state index contributed by atoms with van der Waals surface area (Å²) in [5.74, 6) is -1.58. The summed E-state index contributed by atoms with van der Waals surface area (Å²) >= 11 is 0. The molecule has 0 bridgehead atoms. The smallest absolute Gasteiger partial charge is 0.307 e. The van der Waals surface area contributed by atoms with Gasteiger partial charge in [0.05, 0.1) is 31.6 Å². The van der Waals surface area contributed by atoms with Crippen LogP contribution in [0.2, 0.25) is 0 Å². The molecule has 0 saturated carbocycles. The lowest BCUT2D eigenvalue weighted by Crippen LogP contribution is -2.11. The van der Waals surface area contributed by atoms with E-state index in [1.165, 1.54) is 26.4 Å². The van der Waals surface area contributed by atoms with Crippen molar-refractivity contribution in [2.24, 2.45) is 0 Å². The highest BCUT2D eigenvalue weighted by Crippen LogP contribution is 2.29. The molecule has 0 aromatic carbocycles. The summed E-state index contributed by atoms with van der Waals surface area (Å²) in [6, 6.07) is 4.30. The minimum Gasteiger partial charge on any atom is -0.481 e. The summed E-state index contributed by atoms with van der Waals surface area (Å²) in [7, 11) is 2.52. The average molecular weight is 265 g/mol. The van der Waals surface area contributed by atoms with Gasteiger partial charge in [0.25, 0.3) is 5.69 Å². The minimum absolute atomic E-state index is 0.114. The van der Waals surface area contributed by atoms with Crippen LogP contribution < -0.4 is 4.74 Å². The van der Waals surface area contributed by atoms with Crippen molar-refractivity contribution >= 4 is 11.7 Å². The number of pyridine rings is 1. The average Bonchev–Trinajstić information content (AvgIpc) is 2.43. The van der Waals surface area contributed by atoms with Crippen molar-refractivity contribution < 1.29 is 19.2 Å². The Morgan fingerprint density at radius 2 is 2.26 bits per heavy atom. The Bertz CT molecular complexity index is 538. The van der Waals surface area contributed by atoms with E-state index in [1.54, 1.807) is 6.07 Å². The Morgan fingerprint density at radius 3 is 2.74 bits per heavy atom. The van der Waals surface area contributed by atoms with Crippen LogP contribution in [0.25, 0.3) is 0 Å². The van der Waals surface area contributed by atoms with E-state index in [1.807, 2.05) is 0 Å². The second-order valence-corrected chi connectivity index (χ2v) is 3.48. The number of aromatic nitrogens is 1. The molecule has 1 aromatic rings. The van der Waals surface area contributed by atoms with Crippen molar-refractivity contribution in [3.05, 3.63) is 27.9 Å². The van der Waals surface area contributed by atoms with Crippen molar-refractivity contribution in [2.45, 2.75) is 12.3 Å². The summed E-state index contributed by atoms with van der Waals surface area (Å²) in [5.41, 5.74) is -0.450. The molecule has 0 aliphatic carbocycles. The standard InChI is InChI=1S/C11H11N3O5/c1-18-9-4-3-8(14(16)17)11(13-9)7(6-12)5-10(15)19-2/h3-4,7H,5H2,1-2H3/t7-/m1/s1. The molecule has 0 amide bonds. The molecule has 0 spiro atoms. The highest BCUT2D eigenvalue weighted by Gasteiger charge is 2.27. The SMILES string of the molecule is COC(=O)C[C@H](C#N)c1nc(OC)ccc1[N+](=O)[O-]. The predicted molar refractivity (Wildman–Crippen MR) is 62.4 cm³/mol. The predicted octanol–water partition coefficient (Wildman–Crippen LogP) is 1.17. The lowest BCUT2D eigenvalue weighted by molar-refractivity contribution is -0.386. The van der Waals surface area contributed by atoms with Gasteiger partial charge in [-0.2, -0.15) is 5.26 Å². The maximum atomic E-state index is 11.2. The van der Waals surface area contributed by atoms with Crippen LogP contribution in [0.5, 0.6) is 5.88 Å². The number of carbonyl (C=O) groups is 1. The molecule has 1 rings (SSSR count). The Hall–Kier alpha value is -2.69. The topological polar surface area (TPSA) is 115 Å². The first kappa shape index (κ1) is 14.4. The third-order valence-electron chi connectivity index (χ3n) is 2.37. The fourth-order valence-electron chi connectivity index (χ4n) is 1.43. The molecule has 1 aromatic heterocycles. The number of methoxy groups -OCH3 is 2. The number of nitro groups is 1. The monoisotopic (exact) mass is 265 g/mol. The molecule has 0 N–H and O–H groups in total. The molecule has 1 heterocycles. The van der Waals surface area contributed by atoms with Crippen molar-refractivity contribution in [1.82, 2.24) is 4.98 Å². The highest BCUT2D eigenvalue weighted by molar-refractivity contribution is 5.71. The molecular weight excluding hydrogens is 254 g/mol. The van der Waals surface area contributed by atoms with E-state index in [4.69, 9.17) is 10.00 Å². The van der Waals surface area contributed by atoms with Crippen LogP contribution >= 0.6 is 0 Å². The molecule has 100 valence electrons. The summed E-state index contributed by atoms with van der Waals surface area (Å²) in [6.45, 7) is 0. The molecule has 19 heavy (non-hydrogen) atoms. The van der Waals surface area contributed by atoms with Crippen LogP contribution in [-0.4, -0.2) is 30.1 Å². The maximum absolute atomic E-state index is 11.2. The zero-order chi connectivity index (χ0) is 14.4. The Labute approximate surface area is 108 Å². The van der Waals surface area contributed by atoms with Gasteiger partial charge in [0.2, 0.25) is 5.88 Å². The first-order chi connectivity index (χ1) is 9.03. The Morgan fingerprint density at radius 1 is 1.58 bits per heavy atom. The zero-order valence-corrected chi connectivity index (χ0v) is 10.3. The van der Waals surface area contributed by atoms with Crippen molar-refractivity contribution in [2.75, 3.05) is 14.2 Å². The number of nitriles is 1. The van der Waals surface area contributed by atoms with E-state index >= 15 is 0 Å². The number of hydrogen-bond acceptors (Lipinski definition) is 7. The quantitative estimate of drug-likeness (QED) is 0.445. The highest BCUT2D eigenvalue weighted by atomic mass is 16.6. The second-order valence-electron chi connectivity index (χ2n) is 3.48. The van der Waals surface area contributed by atoms with Crippen molar-refractivity contribution in [3.63, 3.8) is 0 Å². The van der Waals surface area contributed by atoms with Crippen LogP contribution in [-0.2, 0) is 9.53 Å². The third kappa shape index (κ3) is 3.38. The van der Waals surface area contributed by atoms with Gasteiger partial charge in [-0.15, -0.1) is 0 Å². The molecule has 1 atom stereocenters. The molecular formula is C11H11N3O5. The van der Waals surface area contributed by atoms with Crippen LogP contribution in [0.1, 0.15) is 18.0 Å². The van der Waals surface area contributed by atoms with Crippen LogP contribution in [0.4, 0.5) is 5.69 Å². The lowest BCUT2D eigenvalue weighted by Gasteiger charge is -2.09. The first-order valence-corrected chi connectivity index (χ1v) is 5.19. The van der Waals surface area contributed by atoms with Crippen molar-refractivity contribution in [3.8, 4) is 11.9 Å². The van der Waals surface area contributed by atoms with Crippen LogP contribution in [0.15, 0.2) is 12.1 Å². The molecule has 0 fully saturated rings. The van der Waals surface area contributed by atoms with Gasteiger partial charge >= 0.3 is 5.97 Å². The Kier molecular flexibility index (Phi) is 4.76. The number of hydrogen-bond donors (Lipinski definition) is 0. The van der Waals surface area contributed by atoms with Gasteiger partial charge in [0.15, 0.2) is 0 Å². The minimum atomic E-state index is -1.07. The second kappa shape index (κ2) is 6.30.